The van der Waals surface area contributed by atoms with Gasteiger partial charge in [0.25, 0.3) is 0 Å². The Bertz CT molecular complexity index is 620. The average Bonchev–Trinajstić information content (AvgIpc) is 2.63. The van der Waals surface area contributed by atoms with Gasteiger partial charge in [-0.3, -0.25) is 4.79 Å². The van der Waals surface area contributed by atoms with Gasteiger partial charge in [0, 0.05) is 25.3 Å². The number of nitrogens with zero attached hydrogens (tertiary/aromatic N) is 1. The lowest BCUT2D eigenvalue weighted by atomic mass is 10.1. The van der Waals surface area contributed by atoms with E-state index in [0.29, 0.717) is 32.7 Å². The van der Waals surface area contributed by atoms with Crippen LogP contribution < -0.4 is 5.32 Å². The van der Waals surface area contributed by atoms with Gasteiger partial charge in [-0.1, -0.05) is 42.5 Å². The molecule has 1 amide bonds. The molecule has 120 valence electrons. The number of amides is 1. The first-order valence-electron chi connectivity index (χ1n) is 8.03. The highest BCUT2D eigenvalue weighted by Crippen LogP contribution is 2.13. The van der Waals surface area contributed by atoms with E-state index in [4.69, 9.17) is 4.74 Å². The zero-order chi connectivity index (χ0) is 15.9. The molecule has 0 bridgehead atoms. The van der Waals surface area contributed by atoms with Crippen LogP contribution in [0, 0.1) is 0 Å². The summed E-state index contributed by atoms with van der Waals surface area (Å²) in [6.45, 7) is 3.50. The molecule has 1 fully saturated rings. The van der Waals surface area contributed by atoms with Gasteiger partial charge in [-0.05, 0) is 23.3 Å². The molecule has 2 aromatic carbocycles. The Hall–Kier alpha value is -2.33. The number of hydrogen-bond acceptors (Lipinski definition) is 3. The highest BCUT2D eigenvalue weighted by molar-refractivity contribution is 5.79. The second kappa shape index (κ2) is 7.79. The van der Waals surface area contributed by atoms with Crippen molar-refractivity contribution >= 4 is 11.6 Å². The van der Waals surface area contributed by atoms with Crippen molar-refractivity contribution < 1.29 is 9.53 Å². The molecule has 1 N–H and O–H groups in total. The van der Waals surface area contributed by atoms with Crippen LogP contribution in [0.2, 0.25) is 0 Å². The normalized spacial score (nSPS) is 14.5. The molecule has 1 heterocycles. The number of hydrogen-bond donors (Lipinski definition) is 1. The van der Waals surface area contributed by atoms with E-state index in [1.165, 1.54) is 5.56 Å². The Morgan fingerprint density at radius 1 is 0.957 bits per heavy atom. The fourth-order valence-electron chi connectivity index (χ4n) is 2.64. The highest BCUT2D eigenvalue weighted by atomic mass is 16.5. The maximum Gasteiger partial charge on any atom is 0.227 e. The smallest absolute Gasteiger partial charge is 0.227 e. The van der Waals surface area contributed by atoms with Crippen LogP contribution in [0.25, 0.3) is 0 Å². The van der Waals surface area contributed by atoms with Crippen LogP contribution >= 0.6 is 0 Å². The topological polar surface area (TPSA) is 41.6 Å². The summed E-state index contributed by atoms with van der Waals surface area (Å²) >= 11 is 0. The number of rotatable bonds is 5. The summed E-state index contributed by atoms with van der Waals surface area (Å²) < 4.78 is 5.28. The Morgan fingerprint density at radius 3 is 2.35 bits per heavy atom. The zero-order valence-electron chi connectivity index (χ0n) is 13.2. The fourth-order valence-corrected chi connectivity index (χ4v) is 2.64. The summed E-state index contributed by atoms with van der Waals surface area (Å²) in [4.78, 5) is 14.1. The number of nitrogens with one attached hydrogen (secondary N) is 1. The van der Waals surface area contributed by atoms with Crippen LogP contribution in [0.4, 0.5) is 5.69 Å². The second-order valence-electron chi connectivity index (χ2n) is 5.71. The summed E-state index contributed by atoms with van der Waals surface area (Å²) in [6.07, 6.45) is 0.457. The van der Waals surface area contributed by atoms with Gasteiger partial charge in [0.1, 0.15) is 0 Å². The fraction of sp³-hybridized carbons (Fsp3) is 0.316. The number of morpholine rings is 1. The molecule has 0 radical (unpaired) electrons. The molecule has 0 aromatic heterocycles. The Labute approximate surface area is 137 Å². The van der Waals surface area contributed by atoms with Crippen molar-refractivity contribution in [3.05, 3.63) is 65.7 Å². The summed E-state index contributed by atoms with van der Waals surface area (Å²) in [5.41, 5.74) is 3.36. The highest BCUT2D eigenvalue weighted by Gasteiger charge is 2.16. The van der Waals surface area contributed by atoms with E-state index < -0.39 is 0 Å². The third-order valence-electron chi connectivity index (χ3n) is 4.01. The molecule has 4 heteroatoms. The number of benzene rings is 2. The van der Waals surface area contributed by atoms with Crippen LogP contribution in [-0.4, -0.2) is 37.1 Å². The molecule has 1 aliphatic rings. The summed E-state index contributed by atoms with van der Waals surface area (Å²) in [5.74, 6) is 0.179. The summed E-state index contributed by atoms with van der Waals surface area (Å²) in [7, 11) is 0. The first kappa shape index (κ1) is 15.6. The third-order valence-corrected chi connectivity index (χ3v) is 4.01. The number of carbonyl (C=O) groups is 1. The zero-order valence-corrected chi connectivity index (χ0v) is 13.2. The van der Waals surface area contributed by atoms with Crippen molar-refractivity contribution in [2.24, 2.45) is 0 Å². The lowest BCUT2D eigenvalue weighted by Gasteiger charge is -2.26. The monoisotopic (exact) mass is 310 g/mol. The van der Waals surface area contributed by atoms with Gasteiger partial charge >= 0.3 is 0 Å². The first-order valence-corrected chi connectivity index (χ1v) is 8.03. The molecule has 0 saturated carbocycles. The van der Waals surface area contributed by atoms with Crippen molar-refractivity contribution in [3.63, 3.8) is 0 Å². The van der Waals surface area contributed by atoms with Gasteiger partial charge in [-0.25, -0.2) is 0 Å². The third kappa shape index (κ3) is 4.57. The Balaban J connectivity index is 1.51. The SMILES string of the molecule is O=C(Cc1ccc(NCc2ccccc2)cc1)N1CCOCC1. The summed E-state index contributed by atoms with van der Waals surface area (Å²) in [6, 6.07) is 18.4. The predicted octanol–water partition coefficient (Wildman–Crippen LogP) is 2.70. The van der Waals surface area contributed by atoms with E-state index in [1.807, 2.05) is 47.4 Å². The number of carbonyl (C=O) groups excluding carboxylic acids is 1. The van der Waals surface area contributed by atoms with Gasteiger partial charge in [0.15, 0.2) is 0 Å². The van der Waals surface area contributed by atoms with Gasteiger partial charge < -0.3 is 15.0 Å². The van der Waals surface area contributed by atoms with Crippen molar-refractivity contribution in [1.82, 2.24) is 4.90 Å². The largest absolute Gasteiger partial charge is 0.381 e. The number of anilines is 1. The Kier molecular flexibility index (Phi) is 5.27. The second-order valence-corrected chi connectivity index (χ2v) is 5.71. The molecule has 4 nitrogen and oxygen atoms in total. The molecule has 0 aliphatic carbocycles. The number of ether oxygens (including phenoxy) is 1. The van der Waals surface area contributed by atoms with Crippen LogP contribution in [-0.2, 0) is 22.5 Å². The van der Waals surface area contributed by atoms with Crippen LogP contribution in [0.3, 0.4) is 0 Å². The van der Waals surface area contributed by atoms with E-state index in [9.17, 15) is 4.79 Å². The van der Waals surface area contributed by atoms with Crippen molar-refractivity contribution in [3.8, 4) is 0 Å². The maximum atomic E-state index is 12.2. The maximum absolute atomic E-state index is 12.2. The Morgan fingerprint density at radius 2 is 1.65 bits per heavy atom. The standard InChI is InChI=1S/C19H22N2O2/c22-19(21-10-12-23-13-11-21)14-16-6-8-18(9-7-16)20-15-17-4-2-1-3-5-17/h1-9,20H,10-15H2. The average molecular weight is 310 g/mol. The molecule has 1 saturated heterocycles. The van der Waals surface area contributed by atoms with Gasteiger partial charge in [-0.2, -0.15) is 0 Å². The summed E-state index contributed by atoms with van der Waals surface area (Å²) in [5, 5.41) is 3.39. The molecule has 1 aliphatic heterocycles. The molecule has 3 rings (SSSR count). The lowest BCUT2D eigenvalue weighted by molar-refractivity contribution is -0.134. The van der Waals surface area contributed by atoms with E-state index in [1.54, 1.807) is 0 Å². The molecule has 0 spiro atoms. The van der Waals surface area contributed by atoms with Crippen LogP contribution in [0.1, 0.15) is 11.1 Å². The first-order chi connectivity index (χ1) is 11.3. The molecule has 23 heavy (non-hydrogen) atoms. The van der Waals surface area contributed by atoms with Crippen molar-refractivity contribution in [2.75, 3.05) is 31.6 Å². The molecule has 0 unspecified atom stereocenters. The van der Waals surface area contributed by atoms with Crippen molar-refractivity contribution in [2.45, 2.75) is 13.0 Å². The van der Waals surface area contributed by atoms with Gasteiger partial charge in [0.2, 0.25) is 5.91 Å². The predicted molar refractivity (Wildman–Crippen MR) is 91.3 cm³/mol. The van der Waals surface area contributed by atoms with Crippen LogP contribution in [0.5, 0.6) is 0 Å². The minimum absolute atomic E-state index is 0.179. The molecule has 2 aromatic rings. The van der Waals surface area contributed by atoms with E-state index in [2.05, 4.69) is 17.4 Å². The quantitative estimate of drug-likeness (QED) is 0.923. The van der Waals surface area contributed by atoms with E-state index >= 15 is 0 Å². The van der Waals surface area contributed by atoms with Crippen molar-refractivity contribution in [1.29, 1.82) is 0 Å². The van der Waals surface area contributed by atoms with Gasteiger partial charge in [0.05, 0.1) is 19.6 Å². The lowest BCUT2D eigenvalue weighted by Crippen LogP contribution is -2.41. The van der Waals surface area contributed by atoms with E-state index in [-0.39, 0.29) is 5.91 Å². The molecular formula is C19H22N2O2. The molecule has 0 atom stereocenters. The van der Waals surface area contributed by atoms with Gasteiger partial charge in [-0.15, -0.1) is 0 Å². The minimum Gasteiger partial charge on any atom is -0.381 e. The minimum atomic E-state index is 0.179. The van der Waals surface area contributed by atoms with Crippen LogP contribution in [0.15, 0.2) is 54.6 Å². The van der Waals surface area contributed by atoms with E-state index in [0.717, 1.165) is 17.8 Å². The molecular weight excluding hydrogens is 288 g/mol.